The molecule has 2 N–H and O–H groups in total. The van der Waals surface area contributed by atoms with Crippen molar-refractivity contribution in [2.45, 2.75) is 39.3 Å². The van der Waals surface area contributed by atoms with Gasteiger partial charge in [-0.05, 0) is 38.5 Å². The highest BCUT2D eigenvalue weighted by Gasteiger charge is 2.08. The lowest BCUT2D eigenvalue weighted by Crippen LogP contribution is -2.35. The number of nitriles is 1. The van der Waals surface area contributed by atoms with Gasteiger partial charge in [0.05, 0.1) is 12.5 Å². The molecule has 0 aliphatic rings. The van der Waals surface area contributed by atoms with Crippen molar-refractivity contribution in [3.63, 3.8) is 0 Å². The van der Waals surface area contributed by atoms with Gasteiger partial charge in [0, 0.05) is 18.6 Å². The first-order chi connectivity index (χ1) is 9.90. The number of ether oxygens (including phenoxy) is 1. The maximum Gasteiger partial charge on any atom is 0.257 e. The molecule has 21 heavy (non-hydrogen) atoms. The second kappa shape index (κ2) is 8.28. The molecule has 0 saturated carbocycles. The van der Waals surface area contributed by atoms with E-state index in [4.69, 9.17) is 10.00 Å². The van der Waals surface area contributed by atoms with Gasteiger partial charge in [0.1, 0.15) is 5.75 Å². The van der Waals surface area contributed by atoms with E-state index in [1.54, 1.807) is 0 Å². The van der Waals surface area contributed by atoms with Gasteiger partial charge in [-0.15, -0.1) is 0 Å². The van der Waals surface area contributed by atoms with Crippen LogP contribution in [-0.2, 0) is 11.3 Å². The smallest absolute Gasteiger partial charge is 0.257 e. The number of carbonyl (C=O) groups is 1. The Bertz CT molecular complexity index is 484. The fourth-order valence-electron chi connectivity index (χ4n) is 1.53. The topological polar surface area (TPSA) is 74.2 Å². The van der Waals surface area contributed by atoms with Crippen molar-refractivity contribution in [2.75, 3.05) is 13.2 Å². The lowest BCUT2D eigenvalue weighted by Gasteiger charge is -2.20. The molecule has 0 atom stereocenters. The summed E-state index contributed by atoms with van der Waals surface area (Å²) in [5, 5.41) is 14.4. The molecule has 0 heterocycles. The second-order valence-electron chi connectivity index (χ2n) is 5.79. The van der Waals surface area contributed by atoms with Crippen molar-refractivity contribution >= 4 is 5.91 Å². The average molecular weight is 289 g/mol. The lowest BCUT2D eigenvalue weighted by molar-refractivity contribution is -0.123. The molecule has 0 saturated heterocycles. The van der Waals surface area contributed by atoms with Crippen LogP contribution in [0.3, 0.4) is 0 Å². The third-order valence-corrected chi connectivity index (χ3v) is 2.68. The van der Waals surface area contributed by atoms with Crippen LogP contribution in [0.2, 0.25) is 0 Å². The first-order valence-corrected chi connectivity index (χ1v) is 7.01. The minimum Gasteiger partial charge on any atom is -0.484 e. The summed E-state index contributed by atoms with van der Waals surface area (Å²) in [5.74, 6) is 0.439. The highest BCUT2D eigenvalue weighted by Crippen LogP contribution is 2.12. The van der Waals surface area contributed by atoms with Gasteiger partial charge in [0.2, 0.25) is 0 Å². The fourth-order valence-corrected chi connectivity index (χ4v) is 1.53. The monoisotopic (exact) mass is 289 g/mol. The Hall–Kier alpha value is -2.06. The lowest BCUT2D eigenvalue weighted by atomic mass is 10.1. The zero-order valence-corrected chi connectivity index (χ0v) is 12.9. The molecule has 0 fully saturated rings. The van der Waals surface area contributed by atoms with Crippen molar-refractivity contribution < 1.29 is 9.53 Å². The summed E-state index contributed by atoms with van der Waals surface area (Å²) in [6.07, 6.45) is 0.307. The van der Waals surface area contributed by atoms with Crippen LogP contribution in [0.5, 0.6) is 5.75 Å². The van der Waals surface area contributed by atoms with E-state index in [0.29, 0.717) is 18.7 Å². The van der Waals surface area contributed by atoms with Crippen molar-refractivity contribution in [1.29, 1.82) is 5.26 Å². The Balaban J connectivity index is 2.34. The van der Waals surface area contributed by atoms with E-state index in [1.165, 1.54) is 0 Å². The van der Waals surface area contributed by atoms with Crippen LogP contribution < -0.4 is 15.4 Å². The molecule has 0 aliphatic carbocycles. The highest BCUT2D eigenvalue weighted by atomic mass is 16.5. The highest BCUT2D eigenvalue weighted by molar-refractivity contribution is 5.77. The maximum absolute atomic E-state index is 11.4. The van der Waals surface area contributed by atoms with E-state index < -0.39 is 0 Å². The molecule has 0 aliphatic heterocycles. The Morgan fingerprint density at radius 3 is 2.52 bits per heavy atom. The molecule has 0 aromatic heterocycles. The molecular weight excluding hydrogens is 266 g/mol. The van der Waals surface area contributed by atoms with Gasteiger partial charge in [-0.2, -0.15) is 5.26 Å². The van der Waals surface area contributed by atoms with E-state index in [-0.39, 0.29) is 18.1 Å². The van der Waals surface area contributed by atoms with E-state index in [1.807, 2.05) is 30.3 Å². The zero-order valence-electron chi connectivity index (χ0n) is 12.9. The summed E-state index contributed by atoms with van der Waals surface area (Å²) in [5.41, 5.74) is 1.24. The normalized spacial score (nSPS) is 10.8. The summed E-state index contributed by atoms with van der Waals surface area (Å²) < 4.78 is 5.38. The predicted molar refractivity (Wildman–Crippen MR) is 81.8 cm³/mol. The van der Waals surface area contributed by atoms with Crippen LogP contribution in [-0.4, -0.2) is 24.6 Å². The molecule has 5 heteroatoms. The number of nitrogens with zero attached hydrogens (tertiary/aromatic N) is 1. The van der Waals surface area contributed by atoms with Crippen LogP contribution in [0, 0.1) is 11.3 Å². The summed E-state index contributed by atoms with van der Waals surface area (Å²) in [6, 6.07) is 9.61. The molecule has 0 unspecified atom stereocenters. The van der Waals surface area contributed by atoms with E-state index in [9.17, 15) is 4.79 Å². The van der Waals surface area contributed by atoms with Crippen molar-refractivity contribution in [2.24, 2.45) is 0 Å². The summed E-state index contributed by atoms with van der Waals surface area (Å²) in [6.45, 7) is 7.47. The average Bonchev–Trinajstić information content (AvgIpc) is 2.43. The molecule has 0 bridgehead atoms. The number of hydrogen-bond donors (Lipinski definition) is 2. The molecule has 1 rings (SSSR count). The number of carbonyl (C=O) groups excluding carboxylic acids is 1. The third-order valence-electron chi connectivity index (χ3n) is 2.68. The van der Waals surface area contributed by atoms with E-state index >= 15 is 0 Å². The van der Waals surface area contributed by atoms with Gasteiger partial charge in [-0.3, -0.25) is 4.79 Å². The first kappa shape index (κ1) is 17.0. The molecule has 0 radical (unpaired) electrons. The number of nitrogens with one attached hydrogen (secondary N) is 2. The number of amides is 1. The van der Waals surface area contributed by atoms with Gasteiger partial charge >= 0.3 is 0 Å². The number of hydrogen-bond acceptors (Lipinski definition) is 4. The molecular formula is C16H23N3O2. The van der Waals surface area contributed by atoms with Crippen LogP contribution in [0.4, 0.5) is 0 Å². The van der Waals surface area contributed by atoms with Crippen LogP contribution in [0.1, 0.15) is 32.8 Å². The Kier molecular flexibility index (Phi) is 6.70. The molecule has 5 nitrogen and oxygen atoms in total. The van der Waals surface area contributed by atoms with E-state index in [2.05, 4.69) is 31.4 Å². The van der Waals surface area contributed by atoms with Crippen LogP contribution in [0.15, 0.2) is 24.3 Å². The zero-order chi connectivity index (χ0) is 15.7. The standard InChI is InChI=1S/C16H23N3O2/c1-16(2,3)19-11-13-5-7-14(8-6-13)21-12-15(20)18-10-4-9-17/h5-8,19H,4,10-12H2,1-3H3,(H,18,20). The van der Waals surface area contributed by atoms with Gasteiger partial charge in [-0.1, -0.05) is 12.1 Å². The van der Waals surface area contributed by atoms with Gasteiger partial charge in [0.25, 0.3) is 5.91 Å². The Labute approximate surface area is 126 Å². The Morgan fingerprint density at radius 2 is 1.95 bits per heavy atom. The maximum atomic E-state index is 11.4. The minimum atomic E-state index is -0.219. The molecule has 1 aromatic carbocycles. The van der Waals surface area contributed by atoms with E-state index in [0.717, 1.165) is 12.1 Å². The quantitative estimate of drug-likeness (QED) is 0.753. The molecule has 1 aromatic rings. The summed E-state index contributed by atoms with van der Waals surface area (Å²) in [7, 11) is 0. The summed E-state index contributed by atoms with van der Waals surface area (Å²) >= 11 is 0. The largest absolute Gasteiger partial charge is 0.484 e. The number of rotatable bonds is 7. The minimum absolute atomic E-state index is 0.0367. The van der Waals surface area contributed by atoms with Crippen molar-refractivity contribution in [3.05, 3.63) is 29.8 Å². The van der Waals surface area contributed by atoms with Crippen molar-refractivity contribution in [3.8, 4) is 11.8 Å². The van der Waals surface area contributed by atoms with Crippen molar-refractivity contribution in [1.82, 2.24) is 10.6 Å². The predicted octanol–water partition coefficient (Wildman–Crippen LogP) is 1.98. The fraction of sp³-hybridized carbons (Fsp3) is 0.500. The van der Waals surface area contributed by atoms with Crippen LogP contribution in [0.25, 0.3) is 0 Å². The first-order valence-electron chi connectivity index (χ1n) is 7.01. The summed E-state index contributed by atoms with van der Waals surface area (Å²) in [4.78, 5) is 11.4. The molecule has 0 spiro atoms. The molecule has 114 valence electrons. The van der Waals surface area contributed by atoms with Gasteiger partial charge in [-0.25, -0.2) is 0 Å². The van der Waals surface area contributed by atoms with Crippen LogP contribution >= 0.6 is 0 Å². The number of benzene rings is 1. The Morgan fingerprint density at radius 1 is 1.29 bits per heavy atom. The van der Waals surface area contributed by atoms with Gasteiger partial charge in [0.15, 0.2) is 6.61 Å². The third kappa shape index (κ3) is 7.95. The second-order valence-corrected chi connectivity index (χ2v) is 5.79. The van der Waals surface area contributed by atoms with Gasteiger partial charge < -0.3 is 15.4 Å². The SMILES string of the molecule is CC(C)(C)NCc1ccc(OCC(=O)NCCC#N)cc1. The molecule has 1 amide bonds.